The van der Waals surface area contributed by atoms with Crippen molar-refractivity contribution in [1.82, 2.24) is 5.32 Å². The highest BCUT2D eigenvalue weighted by atomic mass is 19.1. The first-order chi connectivity index (χ1) is 10.4. The van der Waals surface area contributed by atoms with Crippen LogP contribution in [0.25, 0.3) is 0 Å². The molecule has 0 aromatic heterocycles. The van der Waals surface area contributed by atoms with Crippen molar-refractivity contribution < 1.29 is 23.1 Å². The van der Waals surface area contributed by atoms with Crippen molar-refractivity contribution in [1.29, 1.82) is 5.26 Å². The number of rotatable bonds is 6. The molecule has 1 rings (SSSR count). The lowest BCUT2D eigenvalue weighted by molar-refractivity contribution is -0.146. The van der Waals surface area contributed by atoms with Gasteiger partial charge in [0.05, 0.1) is 19.6 Å². The van der Waals surface area contributed by atoms with Crippen LogP contribution in [0.4, 0.5) is 8.78 Å². The van der Waals surface area contributed by atoms with E-state index in [-0.39, 0.29) is 12.0 Å². The second kappa shape index (κ2) is 8.08. The zero-order valence-corrected chi connectivity index (χ0v) is 12.2. The molecule has 1 N–H and O–H groups in total. The Morgan fingerprint density at radius 3 is 2.45 bits per heavy atom. The van der Waals surface area contributed by atoms with Gasteiger partial charge in [-0.2, -0.15) is 5.26 Å². The van der Waals surface area contributed by atoms with Crippen molar-refractivity contribution in [2.24, 2.45) is 5.92 Å². The number of nitrogens with zero attached hydrogens (tertiary/aromatic N) is 1. The van der Waals surface area contributed by atoms with Crippen molar-refractivity contribution in [3.8, 4) is 6.07 Å². The Kier molecular flexibility index (Phi) is 6.45. The van der Waals surface area contributed by atoms with Crippen LogP contribution in [-0.4, -0.2) is 25.0 Å². The molecule has 0 bridgehead atoms. The van der Waals surface area contributed by atoms with Crippen molar-refractivity contribution in [3.63, 3.8) is 0 Å². The highest BCUT2D eigenvalue weighted by Gasteiger charge is 2.28. The third-order valence-corrected chi connectivity index (χ3v) is 3.15. The van der Waals surface area contributed by atoms with Crippen molar-refractivity contribution >= 4 is 11.9 Å². The fraction of sp³-hybridized carbons (Fsp3) is 0.400. The number of benzene rings is 1. The van der Waals surface area contributed by atoms with Crippen LogP contribution in [0.5, 0.6) is 0 Å². The summed E-state index contributed by atoms with van der Waals surface area (Å²) in [7, 11) is 1.15. The van der Waals surface area contributed by atoms with Gasteiger partial charge in [0, 0.05) is 17.9 Å². The Balaban J connectivity index is 2.84. The summed E-state index contributed by atoms with van der Waals surface area (Å²) in [5.41, 5.74) is -0.378. The number of nitriles is 1. The first kappa shape index (κ1) is 17.6. The minimum absolute atomic E-state index is 0.0219. The topological polar surface area (TPSA) is 79.2 Å². The molecule has 1 amide bonds. The van der Waals surface area contributed by atoms with Crippen molar-refractivity contribution in [2.75, 3.05) is 7.11 Å². The number of hydrogen-bond donors (Lipinski definition) is 1. The molecule has 118 valence electrons. The number of esters is 1. The normalized spacial score (nSPS) is 12.9. The molecule has 0 aliphatic heterocycles. The van der Waals surface area contributed by atoms with Crippen LogP contribution in [0.1, 0.15) is 18.9 Å². The maximum atomic E-state index is 13.5. The lowest BCUT2D eigenvalue weighted by Gasteiger charge is -2.21. The molecule has 0 spiro atoms. The lowest BCUT2D eigenvalue weighted by atomic mass is 9.98. The summed E-state index contributed by atoms with van der Waals surface area (Å²) in [6, 6.07) is 4.12. The van der Waals surface area contributed by atoms with Gasteiger partial charge >= 0.3 is 5.97 Å². The minimum atomic E-state index is -1.05. The van der Waals surface area contributed by atoms with E-state index in [1.165, 1.54) is 6.07 Å². The number of ether oxygens (including phenoxy) is 1. The monoisotopic (exact) mass is 310 g/mol. The Bertz CT molecular complexity index is 579. The van der Waals surface area contributed by atoms with Gasteiger partial charge in [-0.05, 0) is 12.1 Å². The van der Waals surface area contributed by atoms with Crippen molar-refractivity contribution in [3.05, 3.63) is 35.4 Å². The molecule has 0 saturated heterocycles. The number of carbonyl (C=O) groups excluding carboxylic acids is 2. The highest BCUT2D eigenvalue weighted by molar-refractivity contribution is 5.85. The van der Waals surface area contributed by atoms with E-state index in [0.29, 0.717) is 0 Å². The van der Waals surface area contributed by atoms with E-state index in [0.717, 1.165) is 19.2 Å². The molecule has 1 aromatic carbocycles. The third-order valence-electron chi connectivity index (χ3n) is 3.15. The van der Waals surface area contributed by atoms with Crippen molar-refractivity contribution in [2.45, 2.75) is 25.8 Å². The number of halogens is 2. The van der Waals surface area contributed by atoms with E-state index in [9.17, 15) is 18.4 Å². The summed E-state index contributed by atoms with van der Waals surface area (Å²) >= 11 is 0. The molecule has 1 aromatic rings. The van der Waals surface area contributed by atoms with Crippen LogP contribution in [-0.2, 0) is 20.7 Å². The second-order valence-electron chi connectivity index (χ2n) is 4.78. The predicted molar refractivity (Wildman–Crippen MR) is 73.4 cm³/mol. The maximum Gasteiger partial charge on any atom is 0.328 e. The summed E-state index contributed by atoms with van der Waals surface area (Å²) < 4.78 is 31.6. The third kappa shape index (κ3) is 4.52. The molecular weight excluding hydrogens is 294 g/mol. The van der Waals surface area contributed by atoms with E-state index in [4.69, 9.17) is 5.26 Å². The van der Waals surface area contributed by atoms with Gasteiger partial charge in [0.2, 0.25) is 5.91 Å². The molecule has 0 heterocycles. The average molecular weight is 310 g/mol. The van der Waals surface area contributed by atoms with Crippen LogP contribution in [0, 0.1) is 28.9 Å². The summed E-state index contributed by atoms with van der Waals surface area (Å²) in [4.78, 5) is 23.6. The van der Waals surface area contributed by atoms with Crippen LogP contribution >= 0.6 is 0 Å². The fourth-order valence-electron chi connectivity index (χ4n) is 1.91. The predicted octanol–water partition coefficient (Wildman–Crippen LogP) is 1.71. The Labute approximate surface area is 126 Å². The molecule has 0 unspecified atom stereocenters. The van der Waals surface area contributed by atoms with E-state index >= 15 is 0 Å². The van der Waals surface area contributed by atoms with Crippen LogP contribution < -0.4 is 5.32 Å². The van der Waals surface area contributed by atoms with Gasteiger partial charge in [0.25, 0.3) is 0 Å². The lowest BCUT2D eigenvalue weighted by Crippen LogP contribution is -2.46. The SMILES string of the molecule is COC(=O)[C@H](NC(=O)Cc1c(F)cccc1F)[C@H](C)CC#N. The van der Waals surface area contributed by atoms with Gasteiger partial charge in [0.1, 0.15) is 17.7 Å². The summed E-state index contributed by atoms with van der Waals surface area (Å²) in [6.45, 7) is 1.59. The molecule has 5 nitrogen and oxygen atoms in total. The Morgan fingerprint density at radius 2 is 1.95 bits per heavy atom. The first-order valence-corrected chi connectivity index (χ1v) is 6.57. The molecule has 7 heteroatoms. The molecule has 0 saturated carbocycles. The number of hydrogen-bond acceptors (Lipinski definition) is 4. The van der Waals surface area contributed by atoms with E-state index in [1.54, 1.807) is 6.92 Å². The summed E-state index contributed by atoms with van der Waals surface area (Å²) in [6.07, 6.45) is -0.528. The largest absolute Gasteiger partial charge is 0.467 e. The number of nitrogens with one attached hydrogen (secondary N) is 1. The maximum absolute atomic E-state index is 13.5. The zero-order valence-electron chi connectivity index (χ0n) is 12.2. The molecule has 2 atom stereocenters. The summed E-state index contributed by atoms with van der Waals surface area (Å²) in [5, 5.41) is 11.0. The molecular formula is C15H16F2N2O3. The van der Waals surface area contributed by atoms with Gasteiger partial charge in [-0.1, -0.05) is 13.0 Å². The fourth-order valence-corrected chi connectivity index (χ4v) is 1.91. The molecule has 0 aliphatic rings. The second-order valence-corrected chi connectivity index (χ2v) is 4.78. The molecule has 0 aliphatic carbocycles. The molecule has 22 heavy (non-hydrogen) atoms. The van der Waals surface area contributed by atoms with Gasteiger partial charge in [-0.25, -0.2) is 13.6 Å². The van der Waals surface area contributed by atoms with Gasteiger partial charge in [-0.3, -0.25) is 4.79 Å². The number of carbonyl (C=O) groups is 2. The van der Waals surface area contributed by atoms with E-state index in [1.807, 2.05) is 6.07 Å². The first-order valence-electron chi connectivity index (χ1n) is 6.57. The molecule has 0 radical (unpaired) electrons. The number of methoxy groups -OCH3 is 1. The zero-order chi connectivity index (χ0) is 16.7. The van der Waals surface area contributed by atoms with Gasteiger partial charge in [-0.15, -0.1) is 0 Å². The Morgan fingerprint density at radius 1 is 1.36 bits per heavy atom. The summed E-state index contributed by atoms with van der Waals surface area (Å²) in [5.74, 6) is -3.62. The number of amides is 1. The smallest absolute Gasteiger partial charge is 0.328 e. The molecule has 0 fully saturated rings. The van der Waals surface area contributed by atoms with Gasteiger partial charge < -0.3 is 10.1 Å². The minimum Gasteiger partial charge on any atom is -0.467 e. The van der Waals surface area contributed by atoms with E-state index < -0.39 is 41.9 Å². The average Bonchev–Trinajstić information content (AvgIpc) is 2.48. The van der Waals surface area contributed by atoms with Crippen LogP contribution in [0.15, 0.2) is 18.2 Å². The van der Waals surface area contributed by atoms with Gasteiger partial charge in [0.15, 0.2) is 0 Å². The Hall–Kier alpha value is -2.49. The van der Waals surface area contributed by atoms with Crippen LogP contribution in [0.2, 0.25) is 0 Å². The van der Waals surface area contributed by atoms with E-state index in [2.05, 4.69) is 10.1 Å². The highest BCUT2D eigenvalue weighted by Crippen LogP contribution is 2.14. The quantitative estimate of drug-likeness (QED) is 0.811. The standard InChI is InChI=1S/C15H16F2N2O3/c1-9(6-7-18)14(15(21)22-2)19-13(20)8-10-11(16)4-3-5-12(10)17/h3-5,9,14H,6,8H2,1-2H3,(H,19,20)/t9-,14-/m1/s1. The van der Waals surface area contributed by atoms with Crippen LogP contribution in [0.3, 0.4) is 0 Å².